The maximum absolute atomic E-state index is 12.8. The number of aromatic amines is 1. The fourth-order valence-electron chi connectivity index (χ4n) is 2.68. The minimum atomic E-state index is 0.0102. The molecule has 0 saturated heterocycles. The molecule has 21 heavy (non-hydrogen) atoms. The Morgan fingerprint density at radius 2 is 1.76 bits per heavy atom. The number of carbonyl (C=O) groups is 1. The number of ketones is 1. The summed E-state index contributed by atoms with van der Waals surface area (Å²) in [7, 11) is 0. The number of anilines is 1. The van der Waals surface area contributed by atoms with Crippen LogP contribution in [0.5, 0.6) is 0 Å². The van der Waals surface area contributed by atoms with Gasteiger partial charge in [-0.25, -0.2) is 0 Å². The van der Waals surface area contributed by atoms with Gasteiger partial charge in [0, 0.05) is 33.9 Å². The van der Waals surface area contributed by atoms with Crippen molar-refractivity contribution in [3.05, 3.63) is 64.3 Å². The average molecular weight is 278 g/mol. The smallest absolute Gasteiger partial charge is 0.195 e. The van der Waals surface area contributed by atoms with Gasteiger partial charge in [0.15, 0.2) is 5.78 Å². The topological polar surface area (TPSA) is 58.9 Å². The molecule has 0 bridgehead atoms. The SMILES string of the molecule is Cc1ccc2[nH]cc(C(=O)c3cc(N)c(C)cc3C)c2c1. The summed E-state index contributed by atoms with van der Waals surface area (Å²) in [6, 6.07) is 9.80. The Morgan fingerprint density at radius 1 is 1.00 bits per heavy atom. The highest BCUT2D eigenvalue weighted by Gasteiger charge is 2.17. The number of aromatic nitrogens is 1. The second-order valence-electron chi connectivity index (χ2n) is 5.60. The zero-order valence-corrected chi connectivity index (χ0v) is 12.4. The lowest BCUT2D eigenvalue weighted by Crippen LogP contribution is -2.05. The fraction of sp³-hybridized carbons (Fsp3) is 0.167. The molecule has 3 N–H and O–H groups in total. The van der Waals surface area contributed by atoms with Crippen LogP contribution in [0.2, 0.25) is 0 Å². The largest absolute Gasteiger partial charge is 0.398 e. The van der Waals surface area contributed by atoms with Crippen molar-refractivity contribution >= 4 is 22.4 Å². The summed E-state index contributed by atoms with van der Waals surface area (Å²) < 4.78 is 0. The fourth-order valence-corrected chi connectivity index (χ4v) is 2.68. The molecule has 0 fully saturated rings. The van der Waals surface area contributed by atoms with Gasteiger partial charge in [-0.15, -0.1) is 0 Å². The normalized spacial score (nSPS) is 11.0. The highest BCUT2D eigenvalue weighted by molar-refractivity contribution is 6.17. The number of hydrogen-bond donors (Lipinski definition) is 2. The van der Waals surface area contributed by atoms with E-state index in [-0.39, 0.29) is 5.78 Å². The summed E-state index contributed by atoms with van der Waals surface area (Å²) in [5.74, 6) is 0.0102. The number of rotatable bonds is 2. The van der Waals surface area contributed by atoms with Gasteiger partial charge in [0.05, 0.1) is 0 Å². The second kappa shape index (κ2) is 4.77. The van der Waals surface area contributed by atoms with Crippen LogP contribution in [0.4, 0.5) is 5.69 Å². The predicted octanol–water partition coefficient (Wildman–Crippen LogP) is 3.91. The number of carbonyl (C=O) groups excluding carboxylic acids is 1. The van der Waals surface area contributed by atoms with E-state index in [1.165, 1.54) is 0 Å². The van der Waals surface area contributed by atoms with E-state index in [2.05, 4.69) is 4.98 Å². The Balaban J connectivity index is 2.17. The quantitative estimate of drug-likeness (QED) is 0.551. The number of benzene rings is 2. The summed E-state index contributed by atoms with van der Waals surface area (Å²) in [5, 5.41) is 0.957. The zero-order chi connectivity index (χ0) is 15.1. The van der Waals surface area contributed by atoms with Gasteiger partial charge in [-0.3, -0.25) is 4.79 Å². The van der Waals surface area contributed by atoms with Gasteiger partial charge >= 0.3 is 0 Å². The Hall–Kier alpha value is -2.55. The van der Waals surface area contributed by atoms with E-state index >= 15 is 0 Å². The van der Waals surface area contributed by atoms with Gasteiger partial charge in [0.25, 0.3) is 0 Å². The van der Waals surface area contributed by atoms with Crippen molar-refractivity contribution in [2.24, 2.45) is 0 Å². The van der Waals surface area contributed by atoms with Crippen LogP contribution < -0.4 is 5.73 Å². The van der Waals surface area contributed by atoms with Crippen molar-refractivity contribution in [3.63, 3.8) is 0 Å². The van der Waals surface area contributed by atoms with Gasteiger partial charge in [0.2, 0.25) is 0 Å². The van der Waals surface area contributed by atoms with E-state index in [4.69, 9.17) is 5.73 Å². The first kappa shape index (κ1) is 13.4. The molecule has 0 spiro atoms. The lowest BCUT2D eigenvalue weighted by molar-refractivity contribution is 0.104. The van der Waals surface area contributed by atoms with Crippen LogP contribution in [0.15, 0.2) is 36.5 Å². The lowest BCUT2D eigenvalue weighted by Gasteiger charge is -2.08. The number of fused-ring (bicyclic) bond motifs is 1. The minimum Gasteiger partial charge on any atom is -0.398 e. The van der Waals surface area contributed by atoms with E-state index in [1.807, 2.05) is 45.0 Å². The Kier molecular flexibility index (Phi) is 3.05. The molecule has 106 valence electrons. The molecule has 0 aliphatic heterocycles. The van der Waals surface area contributed by atoms with Crippen LogP contribution in [0.1, 0.15) is 32.6 Å². The van der Waals surface area contributed by atoms with E-state index < -0.39 is 0 Å². The first-order chi connectivity index (χ1) is 9.97. The van der Waals surface area contributed by atoms with Crippen molar-refractivity contribution in [3.8, 4) is 0 Å². The third-order valence-electron chi connectivity index (χ3n) is 3.94. The van der Waals surface area contributed by atoms with Crippen LogP contribution in [0.3, 0.4) is 0 Å². The highest BCUT2D eigenvalue weighted by Crippen LogP contribution is 2.25. The first-order valence-electron chi connectivity index (χ1n) is 6.96. The molecule has 0 radical (unpaired) electrons. The highest BCUT2D eigenvalue weighted by atomic mass is 16.1. The third-order valence-corrected chi connectivity index (χ3v) is 3.94. The molecule has 0 aliphatic carbocycles. The maximum atomic E-state index is 12.8. The van der Waals surface area contributed by atoms with Crippen LogP contribution in [-0.2, 0) is 0 Å². The molecular weight excluding hydrogens is 260 g/mol. The molecular formula is C18H18N2O. The number of hydrogen-bond acceptors (Lipinski definition) is 2. The van der Waals surface area contributed by atoms with Crippen LogP contribution in [-0.4, -0.2) is 10.8 Å². The standard InChI is InChI=1S/C18H18N2O/c1-10-4-5-17-14(6-10)15(9-20-17)18(21)13-8-16(19)12(3)7-11(13)2/h4-9,20H,19H2,1-3H3. The van der Waals surface area contributed by atoms with Crippen molar-refractivity contribution < 1.29 is 4.79 Å². The number of nitrogens with one attached hydrogen (secondary N) is 1. The number of nitrogens with two attached hydrogens (primary N) is 1. The molecule has 3 rings (SSSR count). The first-order valence-corrected chi connectivity index (χ1v) is 6.96. The second-order valence-corrected chi connectivity index (χ2v) is 5.60. The monoisotopic (exact) mass is 278 g/mol. The number of aryl methyl sites for hydroxylation is 3. The summed E-state index contributed by atoms with van der Waals surface area (Å²) >= 11 is 0. The summed E-state index contributed by atoms with van der Waals surface area (Å²) in [4.78, 5) is 16.0. The van der Waals surface area contributed by atoms with Crippen LogP contribution in [0, 0.1) is 20.8 Å². The number of nitrogen functional groups attached to an aromatic ring is 1. The van der Waals surface area contributed by atoms with Crippen molar-refractivity contribution in [1.82, 2.24) is 4.98 Å². The van der Waals surface area contributed by atoms with Crippen molar-refractivity contribution in [2.75, 3.05) is 5.73 Å². The average Bonchev–Trinajstić information content (AvgIpc) is 2.85. The van der Waals surface area contributed by atoms with Gasteiger partial charge in [-0.2, -0.15) is 0 Å². The van der Waals surface area contributed by atoms with Gasteiger partial charge in [-0.1, -0.05) is 17.7 Å². The molecule has 1 aromatic heterocycles. The Bertz CT molecular complexity index is 859. The van der Waals surface area contributed by atoms with Crippen molar-refractivity contribution in [1.29, 1.82) is 0 Å². The third kappa shape index (κ3) is 2.21. The summed E-state index contributed by atoms with van der Waals surface area (Å²) in [5.41, 5.74) is 12.0. The summed E-state index contributed by atoms with van der Waals surface area (Å²) in [6.07, 6.45) is 1.78. The summed E-state index contributed by atoms with van der Waals surface area (Å²) in [6.45, 7) is 5.92. The van der Waals surface area contributed by atoms with Gasteiger partial charge in [0.1, 0.15) is 0 Å². The molecule has 3 nitrogen and oxygen atoms in total. The molecule has 0 unspecified atom stereocenters. The molecule has 3 aromatic rings. The Morgan fingerprint density at radius 3 is 2.52 bits per heavy atom. The molecule has 0 atom stereocenters. The van der Waals surface area contributed by atoms with Crippen molar-refractivity contribution in [2.45, 2.75) is 20.8 Å². The molecule has 1 heterocycles. The van der Waals surface area contributed by atoms with E-state index in [1.54, 1.807) is 12.3 Å². The van der Waals surface area contributed by atoms with E-state index in [0.717, 1.165) is 27.6 Å². The molecule has 0 amide bonds. The predicted molar refractivity (Wildman–Crippen MR) is 86.8 cm³/mol. The van der Waals surface area contributed by atoms with Gasteiger partial charge in [-0.05, 0) is 50.1 Å². The van der Waals surface area contributed by atoms with Gasteiger partial charge < -0.3 is 10.7 Å². The molecule has 0 aliphatic rings. The van der Waals surface area contributed by atoms with Crippen LogP contribution >= 0.6 is 0 Å². The van der Waals surface area contributed by atoms with Crippen LogP contribution in [0.25, 0.3) is 10.9 Å². The zero-order valence-electron chi connectivity index (χ0n) is 12.4. The molecule has 2 aromatic carbocycles. The Labute approximate surface area is 123 Å². The van der Waals surface area contributed by atoms with E-state index in [0.29, 0.717) is 16.8 Å². The maximum Gasteiger partial charge on any atom is 0.195 e. The molecule has 0 saturated carbocycles. The van der Waals surface area contributed by atoms with E-state index in [9.17, 15) is 4.79 Å². The number of H-pyrrole nitrogens is 1. The molecule has 3 heteroatoms. The lowest BCUT2D eigenvalue weighted by atomic mass is 9.96. The minimum absolute atomic E-state index is 0.0102.